The summed E-state index contributed by atoms with van der Waals surface area (Å²) in [6.45, 7) is 0. The molecule has 1 aromatic carbocycles. The number of rotatable bonds is 3. The second-order valence-electron chi connectivity index (χ2n) is 3.48. The van der Waals surface area contributed by atoms with Gasteiger partial charge in [-0.2, -0.15) is 0 Å². The highest BCUT2D eigenvalue weighted by Gasteiger charge is 2.11. The molecule has 0 aliphatic carbocycles. The Morgan fingerprint density at radius 3 is 2.71 bits per heavy atom. The van der Waals surface area contributed by atoms with Gasteiger partial charge < -0.3 is 5.73 Å². The Hall–Kier alpha value is -1.39. The molecule has 0 aliphatic rings. The summed E-state index contributed by atoms with van der Waals surface area (Å²) in [6, 6.07) is 10.7. The van der Waals surface area contributed by atoms with Crippen molar-refractivity contribution >= 4 is 28.1 Å². The highest BCUT2D eigenvalue weighted by molar-refractivity contribution is 7.84. The molecule has 0 spiro atoms. The maximum absolute atomic E-state index is 12.1. The van der Waals surface area contributed by atoms with Crippen LogP contribution in [0.25, 0.3) is 0 Å². The molecular formula is C12H11ClN2OS. The number of nitrogens with zero attached hydrogens (tertiary/aromatic N) is 1. The Morgan fingerprint density at radius 2 is 2.00 bits per heavy atom. The summed E-state index contributed by atoms with van der Waals surface area (Å²) in [5, 5.41) is 1.02. The topological polar surface area (TPSA) is 56.0 Å². The molecule has 1 unspecified atom stereocenters. The van der Waals surface area contributed by atoms with Gasteiger partial charge in [0.2, 0.25) is 0 Å². The Balaban J connectivity index is 2.24. The van der Waals surface area contributed by atoms with Crippen LogP contribution >= 0.6 is 11.6 Å². The lowest BCUT2D eigenvalue weighted by Crippen LogP contribution is -2.03. The monoisotopic (exact) mass is 266 g/mol. The van der Waals surface area contributed by atoms with E-state index in [2.05, 4.69) is 4.98 Å². The van der Waals surface area contributed by atoms with E-state index in [1.165, 1.54) is 0 Å². The Morgan fingerprint density at radius 1 is 1.24 bits per heavy atom. The molecule has 2 aromatic rings. The van der Waals surface area contributed by atoms with Gasteiger partial charge in [-0.15, -0.1) is 0 Å². The van der Waals surface area contributed by atoms with Crippen molar-refractivity contribution in [1.29, 1.82) is 0 Å². The van der Waals surface area contributed by atoms with E-state index in [1.54, 1.807) is 24.4 Å². The largest absolute Gasteiger partial charge is 0.396 e. The molecule has 0 amide bonds. The van der Waals surface area contributed by atoms with Crippen LogP contribution < -0.4 is 5.73 Å². The molecule has 17 heavy (non-hydrogen) atoms. The van der Waals surface area contributed by atoms with Crippen molar-refractivity contribution in [2.24, 2.45) is 0 Å². The van der Waals surface area contributed by atoms with E-state index in [9.17, 15) is 4.21 Å². The zero-order valence-corrected chi connectivity index (χ0v) is 10.5. The van der Waals surface area contributed by atoms with Crippen LogP contribution in [0.4, 0.5) is 5.69 Å². The van der Waals surface area contributed by atoms with E-state index in [4.69, 9.17) is 17.3 Å². The number of hydrogen-bond acceptors (Lipinski definition) is 3. The van der Waals surface area contributed by atoms with Gasteiger partial charge in [0, 0.05) is 11.2 Å². The van der Waals surface area contributed by atoms with Crippen LogP contribution in [0, 0.1) is 0 Å². The number of nitrogen functional groups attached to an aromatic ring is 1. The van der Waals surface area contributed by atoms with Crippen LogP contribution in [0.1, 0.15) is 5.56 Å². The van der Waals surface area contributed by atoms with Gasteiger partial charge in [0.25, 0.3) is 0 Å². The lowest BCUT2D eigenvalue weighted by molar-refractivity contribution is 0.680. The van der Waals surface area contributed by atoms with Gasteiger partial charge in [0.1, 0.15) is 5.03 Å². The predicted molar refractivity (Wildman–Crippen MR) is 70.2 cm³/mol. The lowest BCUT2D eigenvalue weighted by Gasteiger charge is -2.05. The van der Waals surface area contributed by atoms with E-state index in [-0.39, 0.29) is 0 Å². The molecule has 0 fully saturated rings. The van der Waals surface area contributed by atoms with Gasteiger partial charge in [-0.3, -0.25) is 4.21 Å². The molecule has 0 saturated heterocycles. The Labute approximate surface area is 107 Å². The number of pyridine rings is 1. The van der Waals surface area contributed by atoms with E-state index in [1.807, 2.05) is 18.2 Å². The zero-order valence-electron chi connectivity index (χ0n) is 8.97. The molecule has 0 radical (unpaired) electrons. The molecule has 0 saturated carbocycles. The molecule has 1 atom stereocenters. The average Bonchev–Trinajstić information content (AvgIpc) is 2.32. The van der Waals surface area contributed by atoms with Crippen molar-refractivity contribution in [1.82, 2.24) is 4.98 Å². The summed E-state index contributed by atoms with van der Waals surface area (Å²) < 4.78 is 12.1. The summed E-state index contributed by atoms with van der Waals surface area (Å²) in [4.78, 5) is 4.04. The molecule has 2 rings (SSSR count). The molecular weight excluding hydrogens is 256 g/mol. The highest BCUT2D eigenvalue weighted by atomic mass is 35.5. The number of aromatic nitrogens is 1. The first-order valence-corrected chi connectivity index (χ1v) is 6.70. The van der Waals surface area contributed by atoms with Crippen molar-refractivity contribution in [3.05, 3.63) is 53.2 Å². The zero-order chi connectivity index (χ0) is 12.3. The van der Waals surface area contributed by atoms with E-state index in [0.29, 0.717) is 21.5 Å². The lowest BCUT2D eigenvalue weighted by atomic mass is 10.2. The summed E-state index contributed by atoms with van der Waals surface area (Å²) in [5.41, 5.74) is 7.00. The minimum Gasteiger partial charge on any atom is -0.396 e. The maximum atomic E-state index is 12.1. The van der Waals surface area contributed by atoms with Crippen LogP contribution in [-0.4, -0.2) is 9.19 Å². The SMILES string of the molecule is Nc1cccnc1S(=O)Cc1ccccc1Cl. The van der Waals surface area contributed by atoms with E-state index in [0.717, 1.165) is 5.56 Å². The Bertz CT molecular complexity index is 560. The smallest absolute Gasteiger partial charge is 0.150 e. The third-order valence-corrected chi connectivity index (χ3v) is 3.98. The second kappa shape index (κ2) is 5.29. The van der Waals surface area contributed by atoms with Crippen molar-refractivity contribution in [3.8, 4) is 0 Å². The fourth-order valence-corrected chi connectivity index (χ4v) is 2.88. The van der Waals surface area contributed by atoms with Gasteiger partial charge in [-0.1, -0.05) is 29.8 Å². The molecule has 5 heteroatoms. The minimum absolute atomic E-state index is 0.320. The third kappa shape index (κ3) is 2.84. The summed E-state index contributed by atoms with van der Waals surface area (Å²) in [7, 11) is -1.28. The van der Waals surface area contributed by atoms with Crippen molar-refractivity contribution < 1.29 is 4.21 Å². The number of benzene rings is 1. The van der Waals surface area contributed by atoms with E-state index < -0.39 is 10.8 Å². The number of anilines is 1. The number of nitrogens with two attached hydrogens (primary N) is 1. The van der Waals surface area contributed by atoms with Crippen LogP contribution in [0.3, 0.4) is 0 Å². The highest BCUT2D eigenvalue weighted by Crippen LogP contribution is 2.20. The van der Waals surface area contributed by atoms with Gasteiger partial charge in [0.05, 0.1) is 22.2 Å². The standard InChI is InChI=1S/C12H11ClN2OS/c13-10-5-2-1-4-9(10)8-17(16)12-11(14)6-3-7-15-12/h1-7H,8,14H2. The van der Waals surface area contributed by atoms with Gasteiger partial charge in [-0.25, -0.2) is 4.98 Å². The van der Waals surface area contributed by atoms with Gasteiger partial charge >= 0.3 is 0 Å². The van der Waals surface area contributed by atoms with Crippen LogP contribution in [0.15, 0.2) is 47.6 Å². The first kappa shape index (κ1) is 12.1. The molecule has 88 valence electrons. The molecule has 3 nitrogen and oxygen atoms in total. The van der Waals surface area contributed by atoms with Crippen molar-refractivity contribution in [2.75, 3.05) is 5.73 Å². The Kier molecular flexibility index (Phi) is 3.76. The summed E-state index contributed by atoms with van der Waals surface area (Å²) >= 11 is 6.01. The molecule has 0 aliphatic heterocycles. The fraction of sp³-hybridized carbons (Fsp3) is 0.0833. The molecule has 0 bridgehead atoms. The molecule has 1 heterocycles. The van der Waals surface area contributed by atoms with Crippen LogP contribution in [-0.2, 0) is 16.6 Å². The minimum atomic E-state index is -1.28. The number of hydrogen-bond donors (Lipinski definition) is 1. The second-order valence-corrected chi connectivity index (χ2v) is 5.25. The summed E-state index contributed by atoms with van der Waals surface area (Å²) in [6.07, 6.45) is 1.58. The normalized spacial score (nSPS) is 12.3. The molecule has 1 aromatic heterocycles. The quantitative estimate of drug-likeness (QED) is 0.929. The third-order valence-electron chi connectivity index (χ3n) is 2.26. The predicted octanol–water partition coefficient (Wildman–Crippen LogP) is 2.63. The van der Waals surface area contributed by atoms with Gasteiger partial charge in [0.15, 0.2) is 0 Å². The maximum Gasteiger partial charge on any atom is 0.150 e. The van der Waals surface area contributed by atoms with Crippen LogP contribution in [0.2, 0.25) is 5.02 Å². The van der Waals surface area contributed by atoms with Gasteiger partial charge in [-0.05, 0) is 23.8 Å². The van der Waals surface area contributed by atoms with Crippen molar-refractivity contribution in [2.45, 2.75) is 10.8 Å². The fourth-order valence-electron chi connectivity index (χ4n) is 1.42. The first-order chi connectivity index (χ1) is 8.18. The number of halogens is 1. The van der Waals surface area contributed by atoms with E-state index >= 15 is 0 Å². The first-order valence-electron chi connectivity index (χ1n) is 5.01. The summed E-state index contributed by atoms with van der Waals surface area (Å²) in [5.74, 6) is 0.320. The van der Waals surface area contributed by atoms with Crippen molar-refractivity contribution in [3.63, 3.8) is 0 Å². The van der Waals surface area contributed by atoms with Crippen LogP contribution in [0.5, 0.6) is 0 Å². The molecule has 2 N–H and O–H groups in total. The average molecular weight is 267 g/mol.